The summed E-state index contributed by atoms with van der Waals surface area (Å²) in [4.78, 5) is 5.29. The van der Waals surface area contributed by atoms with Crippen LogP contribution in [0.4, 0.5) is 0 Å². The number of pyridine rings is 1. The van der Waals surface area contributed by atoms with Gasteiger partial charge in [-0.05, 0) is 224 Å². The number of fused-ring (bicyclic) bond motifs is 19. The van der Waals surface area contributed by atoms with Gasteiger partial charge in [0.25, 0.3) is 0 Å². The molecule has 16 aromatic carbocycles. The van der Waals surface area contributed by atoms with Gasteiger partial charge in [0.05, 0.1) is 38.6 Å². The molecule has 23 aromatic rings. The number of para-hydroxylation sites is 3. The molecule has 0 amide bonds. The van der Waals surface area contributed by atoms with Gasteiger partial charge in [0.15, 0.2) is 0 Å². The maximum Gasteiger partial charge on any atom is 0.0714 e. The predicted octanol–water partition coefficient (Wildman–Crippen LogP) is 28.6. The summed E-state index contributed by atoms with van der Waals surface area (Å²) in [6.07, 6.45) is 1.99. The molecule has 4 nitrogen and oxygen atoms in total. The van der Waals surface area contributed by atoms with Gasteiger partial charge in [-0.2, -0.15) is 0 Å². The molecule has 0 saturated heterocycles. The number of hydrogen-bond acceptors (Lipinski definition) is 4. The summed E-state index contributed by atoms with van der Waals surface area (Å²) in [6, 6.07) is 129. The first-order valence-electron chi connectivity index (χ1n) is 36.1. The van der Waals surface area contributed by atoms with Crippen LogP contribution in [0.1, 0.15) is 0 Å². The Morgan fingerprint density at radius 3 is 0.934 bits per heavy atom. The monoisotopic (exact) mass is 1400 g/mol. The molecule has 0 N–H and O–H groups in total. The van der Waals surface area contributed by atoms with E-state index in [1.165, 1.54) is 126 Å². The van der Waals surface area contributed by atoms with Crippen molar-refractivity contribution < 1.29 is 0 Å². The van der Waals surface area contributed by atoms with Crippen molar-refractivity contribution in [2.45, 2.75) is 0 Å². The molecule has 0 aliphatic rings. The van der Waals surface area contributed by atoms with E-state index in [9.17, 15) is 0 Å². The van der Waals surface area contributed by atoms with E-state index in [4.69, 9.17) is 4.98 Å². The SMILES string of the molecule is c1cc(-c2ccc3nccc(-c4cccc(-n5c6ccccc6c6cc(-c7ccc8sc9ccccc9c8c7)ccc65)c4)c3c2-c2cccc(-n3c4ccccc4c4cc(-c5ccc6sc7ccccc7c6c5)ccc43)c2)cc(-n2c3ccccc3c3cc(-c4ccc5sc6ccccc6c5c4)ccc32)c1. The molecule has 0 aliphatic heterocycles. The van der Waals surface area contributed by atoms with Crippen molar-refractivity contribution in [1.29, 1.82) is 0 Å². The highest BCUT2D eigenvalue weighted by Crippen LogP contribution is 2.48. The molecule has 7 heterocycles. The van der Waals surface area contributed by atoms with Gasteiger partial charge in [0.1, 0.15) is 0 Å². The van der Waals surface area contributed by atoms with Gasteiger partial charge in [-0.3, -0.25) is 4.98 Å². The molecular weight excluding hydrogens is 1340 g/mol. The number of rotatable bonds is 9. The fourth-order valence-electron chi connectivity index (χ4n) is 17.5. The van der Waals surface area contributed by atoms with E-state index in [0.29, 0.717) is 0 Å². The minimum absolute atomic E-state index is 0.920. The smallest absolute Gasteiger partial charge is 0.0714 e. The molecular formula is C99H58N4S3. The Bertz CT molecular complexity index is 7680. The van der Waals surface area contributed by atoms with Crippen molar-refractivity contribution >= 4 is 171 Å². The predicted molar refractivity (Wildman–Crippen MR) is 456 cm³/mol. The normalized spacial score (nSPS) is 12.2. The molecule has 7 aromatic heterocycles. The largest absolute Gasteiger partial charge is 0.309 e. The highest BCUT2D eigenvalue weighted by Gasteiger charge is 2.24. The van der Waals surface area contributed by atoms with E-state index < -0.39 is 0 Å². The van der Waals surface area contributed by atoms with Crippen molar-refractivity contribution in [2.75, 3.05) is 0 Å². The first kappa shape index (κ1) is 59.5. The fourth-order valence-corrected chi connectivity index (χ4v) is 20.7. The van der Waals surface area contributed by atoms with Gasteiger partial charge >= 0.3 is 0 Å². The van der Waals surface area contributed by atoms with Crippen molar-refractivity contribution in [1.82, 2.24) is 18.7 Å². The quantitative estimate of drug-likeness (QED) is 0.142. The number of hydrogen-bond donors (Lipinski definition) is 0. The van der Waals surface area contributed by atoms with E-state index in [1.807, 2.05) is 40.2 Å². The lowest BCUT2D eigenvalue weighted by Gasteiger charge is -2.19. The van der Waals surface area contributed by atoms with Crippen LogP contribution in [0.2, 0.25) is 0 Å². The Hall–Kier alpha value is -13.0. The minimum Gasteiger partial charge on any atom is -0.309 e. The Labute approximate surface area is 620 Å². The topological polar surface area (TPSA) is 27.7 Å². The molecule has 106 heavy (non-hydrogen) atoms. The summed E-state index contributed by atoms with van der Waals surface area (Å²) in [7, 11) is 0. The third-order valence-electron chi connectivity index (χ3n) is 22.3. The maximum atomic E-state index is 5.29. The standard InChI is InChI=1S/C99H58N4S3/c1-7-28-86-73(22-1)79-53-59(62-37-45-95-82(56-62)76-25-4-10-31-92(76)104-95)34-42-89(79)101(86)68-19-13-16-65(50-68)71-40-41-85-99(98(71)67-18-15-21-70(52-67)103-88-30-9-3-24-75(88)81-55-61(36-44-91(81)103)64-39-47-97-84(58-64)78-27-6-12-33-94(78)106-97)72(48-49-100-85)66-17-14-20-69(51-66)102-87-29-8-2-23-74(87)80-54-60(35-43-90(80)102)63-38-46-96-83(57-63)77-26-5-11-32-93(77)105-96/h1-58H. The first-order chi connectivity index (χ1) is 52.5. The van der Waals surface area contributed by atoms with E-state index in [-0.39, 0.29) is 0 Å². The molecule has 0 unspecified atom stereocenters. The lowest BCUT2D eigenvalue weighted by atomic mass is 9.87. The van der Waals surface area contributed by atoms with Crippen LogP contribution in [0.15, 0.2) is 352 Å². The van der Waals surface area contributed by atoms with Crippen LogP contribution in [-0.4, -0.2) is 18.7 Å². The lowest BCUT2D eigenvalue weighted by molar-refractivity contribution is 1.18. The van der Waals surface area contributed by atoms with Crippen LogP contribution in [0.3, 0.4) is 0 Å². The fraction of sp³-hybridized carbons (Fsp3) is 0. The third-order valence-corrected chi connectivity index (χ3v) is 25.7. The molecule has 0 atom stereocenters. The molecule has 0 spiro atoms. The van der Waals surface area contributed by atoms with Crippen molar-refractivity contribution in [2.24, 2.45) is 0 Å². The summed E-state index contributed by atoms with van der Waals surface area (Å²) in [5, 5.41) is 16.2. The molecule has 0 aliphatic carbocycles. The summed E-state index contributed by atoms with van der Waals surface area (Å²) >= 11 is 5.59. The number of benzene rings is 16. The summed E-state index contributed by atoms with van der Waals surface area (Å²) in [5.41, 5.74) is 25.0. The zero-order valence-electron chi connectivity index (χ0n) is 57.0. The first-order valence-corrected chi connectivity index (χ1v) is 38.6. The van der Waals surface area contributed by atoms with Crippen LogP contribution in [-0.2, 0) is 0 Å². The van der Waals surface area contributed by atoms with Gasteiger partial charge < -0.3 is 13.7 Å². The Morgan fingerprint density at radius 1 is 0.198 bits per heavy atom. The molecule has 7 heteroatoms. The lowest BCUT2D eigenvalue weighted by Crippen LogP contribution is -1.98. The molecule has 0 fully saturated rings. The third kappa shape index (κ3) is 9.14. The van der Waals surface area contributed by atoms with E-state index in [2.05, 4.69) is 359 Å². The highest BCUT2D eigenvalue weighted by molar-refractivity contribution is 7.26. The average molecular weight is 1400 g/mol. The summed E-state index contributed by atoms with van der Waals surface area (Å²) in [5.74, 6) is 0. The second-order valence-corrected chi connectivity index (χ2v) is 31.3. The van der Waals surface area contributed by atoms with E-state index >= 15 is 0 Å². The van der Waals surface area contributed by atoms with Crippen molar-refractivity contribution in [3.8, 4) is 83.8 Å². The van der Waals surface area contributed by atoms with Crippen molar-refractivity contribution in [3.63, 3.8) is 0 Å². The van der Waals surface area contributed by atoms with Crippen LogP contribution < -0.4 is 0 Å². The van der Waals surface area contributed by atoms with Gasteiger partial charge in [0, 0.05) is 121 Å². The molecule has 0 radical (unpaired) electrons. The molecule has 492 valence electrons. The van der Waals surface area contributed by atoms with Crippen LogP contribution in [0.25, 0.3) is 221 Å². The number of thiophene rings is 3. The summed E-state index contributed by atoms with van der Waals surface area (Å²) < 4.78 is 15.3. The second-order valence-electron chi connectivity index (χ2n) is 28.1. The maximum absolute atomic E-state index is 5.29. The van der Waals surface area contributed by atoms with Crippen LogP contribution >= 0.6 is 34.0 Å². The zero-order chi connectivity index (χ0) is 69.2. The average Bonchev–Trinajstić information content (AvgIpc) is 1.63. The van der Waals surface area contributed by atoms with Crippen LogP contribution in [0, 0.1) is 0 Å². The van der Waals surface area contributed by atoms with Gasteiger partial charge in [-0.1, -0.05) is 188 Å². The number of nitrogens with zero attached hydrogens (tertiary/aromatic N) is 4. The molecule has 23 rings (SSSR count). The Morgan fingerprint density at radius 2 is 0.519 bits per heavy atom. The highest BCUT2D eigenvalue weighted by atomic mass is 32.1. The minimum atomic E-state index is 0.920. The molecule has 0 saturated carbocycles. The van der Waals surface area contributed by atoms with Crippen LogP contribution in [0.5, 0.6) is 0 Å². The van der Waals surface area contributed by atoms with E-state index in [0.717, 1.165) is 94.4 Å². The van der Waals surface area contributed by atoms with Crippen molar-refractivity contribution in [3.05, 3.63) is 352 Å². The Kier molecular flexibility index (Phi) is 13.1. The van der Waals surface area contributed by atoms with Gasteiger partial charge in [-0.15, -0.1) is 34.0 Å². The summed E-state index contributed by atoms with van der Waals surface area (Å²) in [6.45, 7) is 0. The zero-order valence-corrected chi connectivity index (χ0v) is 59.4. The molecule has 0 bridgehead atoms. The van der Waals surface area contributed by atoms with Gasteiger partial charge in [-0.25, -0.2) is 0 Å². The van der Waals surface area contributed by atoms with Gasteiger partial charge in [0.2, 0.25) is 0 Å². The second kappa shape index (κ2) is 23.2. The Balaban J connectivity index is 0.701. The van der Waals surface area contributed by atoms with E-state index in [1.54, 1.807) is 0 Å². The number of aromatic nitrogens is 4.